The average molecular weight is 226 g/mol. The zero-order valence-electron chi connectivity index (χ0n) is 10.7. The third-order valence-electron chi connectivity index (χ3n) is 2.95. The van der Waals surface area contributed by atoms with E-state index in [1.807, 2.05) is 27.7 Å². The molecule has 1 rings (SSSR count). The van der Waals surface area contributed by atoms with E-state index in [4.69, 9.17) is 0 Å². The third-order valence-corrected chi connectivity index (χ3v) is 2.95. The van der Waals surface area contributed by atoms with E-state index in [-0.39, 0.29) is 17.4 Å². The number of carbonyl (C=O) groups excluding carboxylic acids is 2. The molecule has 0 N–H and O–H groups in total. The first-order valence-corrected chi connectivity index (χ1v) is 5.98. The fourth-order valence-corrected chi connectivity index (χ4v) is 2.09. The zero-order valence-corrected chi connectivity index (χ0v) is 10.7. The van der Waals surface area contributed by atoms with E-state index in [9.17, 15) is 9.59 Å². The molecule has 0 radical (unpaired) electrons. The number of nitrogens with zero attached hydrogens (tertiary/aromatic N) is 2. The van der Waals surface area contributed by atoms with Gasteiger partial charge in [-0.05, 0) is 40.5 Å². The Bertz CT molecular complexity index is 275. The van der Waals surface area contributed by atoms with Crippen LogP contribution in [-0.4, -0.2) is 46.8 Å². The van der Waals surface area contributed by atoms with Crippen LogP contribution in [0.2, 0.25) is 0 Å². The summed E-state index contributed by atoms with van der Waals surface area (Å²) in [5.41, 5.74) is -0.290. The number of carbonyl (C=O) groups is 2. The van der Waals surface area contributed by atoms with Crippen molar-refractivity contribution in [2.24, 2.45) is 0 Å². The monoisotopic (exact) mass is 226 g/mol. The molecule has 92 valence electrons. The molecule has 1 aliphatic heterocycles. The maximum absolute atomic E-state index is 12.0. The molecule has 2 amide bonds. The lowest BCUT2D eigenvalue weighted by Crippen LogP contribution is -2.51. The first-order chi connectivity index (χ1) is 7.38. The smallest absolute Gasteiger partial charge is 0.312 e. The van der Waals surface area contributed by atoms with E-state index >= 15 is 0 Å². The molecule has 1 saturated heterocycles. The van der Waals surface area contributed by atoms with Crippen molar-refractivity contribution in [1.82, 2.24) is 9.80 Å². The second-order valence-electron chi connectivity index (χ2n) is 5.22. The van der Waals surface area contributed by atoms with Gasteiger partial charge in [-0.15, -0.1) is 0 Å². The molecular formula is C12H22N2O2. The highest BCUT2D eigenvalue weighted by Gasteiger charge is 2.33. The van der Waals surface area contributed by atoms with Crippen molar-refractivity contribution in [2.75, 3.05) is 19.6 Å². The number of likely N-dealkylation sites (tertiary alicyclic amines) is 1. The Kier molecular flexibility index (Phi) is 3.94. The normalized spacial score (nSPS) is 16.4. The number of hydrogen-bond donors (Lipinski definition) is 0. The lowest BCUT2D eigenvalue weighted by molar-refractivity contribution is -0.154. The van der Waals surface area contributed by atoms with Crippen molar-refractivity contribution < 1.29 is 9.59 Å². The van der Waals surface area contributed by atoms with Gasteiger partial charge >= 0.3 is 11.8 Å². The third kappa shape index (κ3) is 2.74. The Balaban J connectivity index is 2.71. The summed E-state index contributed by atoms with van der Waals surface area (Å²) in [5.74, 6) is -0.703. The highest BCUT2D eigenvalue weighted by Crippen LogP contribution is 2.15. The van der Waals surface area contributed by atoms with Gasteiger partial charge in [0.2, 0.25) is 0 Å². The lowest BCUT2D eigenvalue weighted by Gasteiger charge is -2.35. The molecule has 4 nitrogen and oxygen atoms in total. The van der Waals surface area contributed by atoms with Crippen molar-refractivity contribution in [3.05, 3.63) is 0 Å². The Hall–Kier alpha value is -1.06. The predicted molar refractivity (Wildman–Crippen MR) is 63.0 cm³/mol. The van der Waals surface area contributed by atoms with Crippen LogP contribution >= 0.6 is 0 Å². The van der Waals surface area contributed by atoms with Crippen LogP contribution in [0.4, 0.5) is 0 Å². The summed E-state index contributed by atoms with van der Waals surface area (Å²) in [4.78, 5) is 27.3. The van der Waals surface area contributed by atoms with E-state index in [2.05, 4.69) is 0 Å². The summed E-state index contributed by atoms with van der Waals surface area (Å²) >= 11 is 0. The molecule has 0 saturated carbocycles. The second kappa shape index (κ2) is 4.85. The lowest BCUT2D eigenvalue weighted by atomic mass is 10.1. The largest absolute Gasteiger partial charge is 0.334 e. The van der Waals surface area contributed by atoms with Gasteiger partial charge in [-0.2, -0.15) is 0 Å². The summed E-state index contributed by atoms with van der Waals surface area (Å²) in [6.07, 6.45) is 2.03. The minimum atomic E-state index is -0.364. The maximum atomic E-state index is 12.0. The van der Waals surface area contributed by atoms with Crippen molar-refractivity contribution in [3.63, 3.8) is 0 Å². The van der Waals surface area contributed by atoms with Gasteiger partial charge in [-0.3, -0.25) is 9.59 Å². The SMILES string of the molecule is CCN(C(=O)C(=O)N1CCCC1)C(C)(C)C. The Morgan fingerprint density at radius 2 is 1.69 bits per heavy atom. The first kappa shape index (κ1) is 13.0. The summed E-state index contributed by atoms with van der Waals surface area (Å²) in [6, 6.07) is 0. The predicted octanol–water partition coefficient (Wildman–Crippen LogP) is 1.26. The highest BCUT2D eigenvalue weighted by molar-refractivity contribution is 6.35. The minimum Gasteiger partial charge on any atom is -0.334 e. The van der Waals surface area contributed by atoms with Crippen molar-refractivity contribution in [1.29, 1.82) is 0 Å². The minimum absolute atomic E-state index is 0.290. The molecule has 4 heteroatoms. The molecule has 0 atom stereocenters. The highest BCUT2D eigenvalue weighted by atomic mass is 16.2. The van der Waals surface area contributed by atoms with Crippen LogP contribution in [0.25, 0.3) is 0 Å². The molecule has 0 aromatic rings. The first-order valence-electron chi connectivity index (χ1n) is 5.98. The molecule has 1 heterocycles. The molecule has 0 aromatic carbocycles. The van der Waals surface area contributed by atoms with Crippen molar-refractivity contribution in [2.45, 2.75) is 46.1 Å². The van der Waals surface area contributed by atoms with Gasteiger partial charge in [-0.25, -0.2) is 0 Å². The van der Waals surface area contributed by atoms with Gasteiger partial charge in [0, 0.05) is 25.2 Å². The van der Waals surface area contributed by atoms with E-state index in [0.29, 0.717) is 6.54 Å². The summed E-state index contributed by atoms with van der Waals surface area (Å²) < 4.78 is 0. The van der Waals surface area contributed by atoms with Crippen LogP contribution in [0, 0.1) is 0 Å². The molecule has 1 fully saturated rings. The number of rotatable bonds is 1. The van der Waals surface area contributed by atoms with Crippen LogP contribution in [0.3, 0.4) is 0 Å². The Morgan fingerprint density at radius 1 is 1.19 bits per heavy atom. The van der Waals surface area contributed by atoms with Crippen LogP contribution < -0.4 is 0 Å². The summed E-state index contributed by atoms with van der Waals surface area (Å²) in [7, 11) is 0. The average Bonchev–Trinajstić information content (AvgIpc) is 2.67. The number of hydrogen-bond acceptors (Lipinski definition) is 2. The van der Waals surface area contributed by atoms with Gasteiger partial charge in [0.05, 0.1) is 0 Å². The molecule has 0 aliphatic carbocycles. The van der Waals surface area contributed by atoms with E-state index < -0.39 is 0 Å². The van der Waals surface area contributed by atoms with Gasteiger partial charge in [0.1, 0.15) is 0 Å². The maximum Gasteiger partial charge on any atom is 0.312 e. The van der Waals surface area contributed by atoms with Crippen LogP contribution in [0.15, 0.2) is 0 Å². The molecule has 0 spiro atoms. The topological polar surface area (TPSA) is 40.6 Å². The van der Waals surface area contributed by atoms with E-state index in [1.54, 1.807) is 9.80 Å². The molecule has 1 aliphatic rings. The van der Waals surface area contributed by atoms with Gasteiger partial charge < -0.3 is 9.80 Å². The quantitative estimate of drug-likeness (QED) is 0.631. The standard InChI is InChI=1S/C12H22N2O2/c1-5-14(12(2,3)4)11(16)10(15)13-8-6-7-9-13/h5-9H2,1-4H3. The van der Waals surface area contributed by atoms with Crippen LogP contribution in [0.5, 0.6) is 0 Å². The van der Waals surface area contributed by atoms with Gasteiger partial charge in [-0.1, -0.05) is 0 Å². The number of amides is 2. The molecule has 0 bridgehead atoms. The van der Waals surface area contributed by atoms with Crippen molar-refractivity contribution in [3.8, 4) is 0 Å². The summed E-state index contributed by atoms with van der Waals surface area (Å²) in [5, 5.41) is 0. The molecule has 0 unspecified atom stereocenters. The Morgan fingerprint density at radius 3 is 2.06 bits per heavy atom. The van der Waals surface area contributed by atoms with Gasteiger partial charge in [0.25, 0.3) is 0 Å². The zero-order chi connectivity index (χ0) is 12.3. The summed E-state index contributed by atoms with van der Waals surface area (Å²) in [6.45, 7) is 9.78. The van der Waals surface area contributed by atoms with Crippen molar-refractivity contribution >= 4 is 11.8 Å². The molecule has 0 aromatic heterocycles. The number of likely N-dealkylation sites (N-methyl/N-ethyl adjacent to an activating group) is 1. The van der Waals surface area contributed by atoms with E-state index in [0.717, 1.165) is 25.9 Å². The Labute approximate surface area is 97.6 Å². The van der Waals surface area contributed by atoms with Crippen LogP contribution in [-0.2, 0) is 9.59 Å². The van der Waals surface area contributed by atoms with Crippen LogP contribution in [0.1, 0.15) is 40.5 Å². The van der Waals surface area contributed by atoms with Gasteiger partial charge in [0.15, 0.2) is 0 Å². The molecular weight excluding hydrogens is 204 g/mol. The second-order valence-corrected chi connectivity index (χ2v) is 5.22. The molecule has 16 heavy (non-hydrogen) atoms. The van der Waals surface area contributed by atoms with E-state index in [1.165, 1.54) is 0 Å². The fraction of sp³-hybridized carbons (Fsp3) is 0.833. The fourth-order valence-electron chi connectivity index (χ4n) is 2.09.